The fourth-order valence-corrected chi connectivity index (χ4v) is 6.58. The highest BCUT2D eigenvalue weighted by Gasteiger charge is 2.32. The molecule has 1 heterocycles. The van der Waals surface area contributed by atoms with Gasteiger partial charge in [-0.3, -0.25) is 14.3 Å². The molecule has 35 heavy (non-hydrogen) atoms. The summed E-state index contributed by atoms with van der Waals surface area (Å²) in [5.74, 6) is -0.617. The molecule has 0 fully saturated rings. The van der Waals surface area contributed by atoms with E-state index in [1.165, 1.54) is 13.2 Å². The van der Waals surface area contributed by atoms with Gasteiger partial charge >= 0.3 is 5.97 Å². The van der Waals surface area contributed by atoms with E-state index >= 15 is 0 Å². The van der Waals surface area contributed by atoms with Gasteiger partial charge in [-0.15, -0.1) is 0 Å². The molecule has 0 aromatic heterocycles. The van der Waals surface area contributed by atoms with Crippen molar-refractivity contribution in [1.82, 2.24) is 4.90 Å². The number of nitrogens with one attached hydrogen (secondary N) is 1. The Morgan fingerprint density at radius 1 is 1.03 bits per heavy atom. The first-order valence-corrected chi connectivity index (χ1v) is 13.8. The van der Waals surface area contributed by atoms with Crippen LogP contribution in [0.4, 0.5) is 5.69 Å². The average Bonchev–Trinajstić information content (AvgIpc) is 2.84. The third-order valence-electron chi connectivity index (χ3n) is 5.81. The van der Waals surface area contributed by atoms with Gasteiger partial charge in [0.25, 0.3) is 15.9 Å². The Labute approximate surface area is 220 Å². The molecule has 0 unspecified atom stereocenters. The number of benzene rings is 3. The molecular weight excluding hydrogens is 600 g/mol. The second kappa shape index (κ2) is 10.5. The number of carbonyl (C=O) groups is 2. The fourth-order valence-electron chi connectivity index (χ4n) is 4.02. The second-order valence-corrected chi connectivity index (χ2v) is 11.5. The van der Waals surface area contributed by atoms with Crippen LogP contribution in [-0.2, 0) is 32.5 Å². The first kappa shape index (κ1) is 25.4. The fraction of sp³-hybridized carbons (Fsp3) is 0.200. The summed E-state index contributed by atoms with van der Waals surface area (Å²) in [7, 11) is -2.52. The minimum Gasteiger partial charge on any atom is -0.469 e. The first-order valence-electron chi connectivity index (χ1n) is 10.7. The number of ether oxygens (including phenoxy) is 1. The van der Waals surface area contributed by atoms with Crippen molar-refractivity contribution >= 4 is 59.4 Å². The number of rotatable bonds is 6. The zero-order valence-corrected chi connectivity index (χ0v) is 22.7. The van der Waals surface area contributed by atoms with Crippen molar-refractivity contribution in [2.24, 2.45) is 0 Å². The SMILES string of the molecule is COC(=O)C[C@@H]1Cc2ccccc2CN1C(=O)c1ccc(NS(=O)(=O)c2cc(Br)ccc2Br)cc1. The zero-order valence-electron chi connectivity index (χ0n) is 18.7. The average molecular weight is 622 g/mol. The molecule has 1 aliphatic heterocycles. The number of hydrogen-bond donors (Lipinski definition) is 1. The molecule has 3 aromatic rings. The van der Waals surface area contributed by atoms with Crippen LogP contribution >= 0.6 is 31.9 Å². The number of amides is 1. The Morgan fingerprint density at radius 3 is 2.40 bits per heavy atom. The molecule has 0 aliphatic carbocycles. The summed E-state index contributed by atoms with van der Waals surface area (Å²) in [4.78, 5) is 27.2. The Kier molecular flexibility index (Phi) is 7.63. The van der Waals surface area contributed by atoms with Gasteiger partial charge in [0.15, 0.2) is 0 Å². The van der Waals surface area contributed by atoms with E-state index in [9.17, 15) is 18.0 Å². The quantitative estimate of drug-likeness (QED) is 0.385. The smallest absolute Gasteiger partial charge is 0.307 e. The van der Waals surface area contributed by atoms with E-state index in [1.54, 1.807) is 41.3 Å². The molecule has 1 atom stereocenters. The Morgan fingerprint density at radius 2 is 1.71 bits per heavy atom. The topological polar surface area (TPSA) is 92.8 Å². The molecule has 0 bridgehead atoms. The number of methoxy groups -OCH3 is 1. The summed E-state index contributed by atoms with van der Waals surface area (Å²) in [5.41, 5.74) is 2.86. The van der Waals surface area contributed by atoms with Gasteiger partial charge in [-0.05, 0) is 75.9 Å². The predicted molar refractivity (Wildman–Crippen MR) is 140 cm³/mol. The van der Waals surface area contributed by atoms with Crippen molar-refractivity contribution in [3.63, 3.8) is 0 Å². The van der Waals surface area contributed by atoms with Crippen molar-refractivity contribution < 1.29 is 22.7 Å². The van der Waals surface area contributed by atoms with Gasteiger partial charge in [0.1, 0.15) is 4.90 Å². The van der Waals surface area contributed by atoms with Gasteiger partial charge in [-0.2, -0.15) is 0 Å². The van der Waals surface area contributed by atoms with Gasteiger partial charge in [-0.25, -0.2) is 8.42 Å². The summed E-state index contributed by atoms with van der Waals surface area (Å²) in [6, 6.07) is 18.6. The van der Waals surface area contributed by atoms with Gasteiger partial charge in [-0.1, -0.05) is 40.2 Å². The van der Waals surface area contributed by atoms with E-state index in [2.05, 4.69) is 36.6 Å². The number of halogens is 2. The number of carbonyl (C=O) groups excluding carboxylic acids is 2. The molecule has 7 nitrogen and oxygen atoms in total. The third kappa shape index (κ3) is 5.76. The largest absolute Gasteiger partial charge is 0.469 e. The minimum atomic E-state index is -3.85. The number of hydrogen-bond acceptors (Lipinski definition) is 5. The highest BCUT2D eigenvalue weighted by Crippen LogP contribution is 2.29. The van der Waals surface area contributed by atoms with Crippen LogP contribution < -0.4 is 4.72 Å². The maximum atomic E-state index is 13.4. The van der Waals surface area contributed by atoms with Crippen LogP contribution in [0.25, 0.3) is 0 Å². The normalized spacial score (nSPS) is 15.3. The maximum absolute atomic E-state index is 13.4. The maximum Gasteiger partial charge on any atom is 0.307 e. The van der Waals surface area contributed by atoms with E-state index in [0.717, 1.165) is 11.1 Å². The lowest BCUT2D eigenvalue weighted by atomic mass is 9.91. The van der Waals surface area contributed by atoms with Crippen LogP contribution in [0, 0.1) is 0 Å². The number of sulfonamides is 1. The summed E-state index contributed by atoms with van der Waals surface area (Å²) < 4.78 is 34.1. The molecule has 1 N–H and O–H groups in total. The lowest BCUT2D eigenvalue weighted by molar-refractivity contribution is -0.141. The summed E-state index contributed by atoms with van der Waals surface area (Å²) in [6.07, 6.45) is 0.645. The lowest BCUT2D eigenvalue weighted by Crippen LogP contribution is -2.45. The van der Waals surface area contributed by atoms with Crippen molar-refractivity contribution in [2.45, 2.75) is 30.3 Å². The predicted octanol–water partition coefficient (Wildman–Crippen LogP) is 5.14. The van der Waals surface area contributed by atoms with Crippen LogP contribution in [0.3, 0.4) is 0 Å². The standard InChI is InChI=1S/C25H22Br2N2O5S/c1-34-24(30)14-21-12-17-4-2-3-5-18(17)15-29(21)25(31)16-6-9-20(10-7-16)28-35(32,33)23-13-19(26)8-11-22(23)27/h2-11,13,21,28H,12,14-15H2,1H3/t21-/m0/s1. The van der Waals surface area contributed by atoms with Crippen LogP contribution in [0.1, 0.15) is 27.9 Å². The van der Waals surface area contributed by atoms with E-state index in [0.29, 0.717) is 33.2 Å². The number of nitrogens with zero attached hydrogens (tertiary/aromatic N) is 1. The van der Waals surface area contributed by atoms with E-state index in [-0.39, 0.29) is 29.2 Å². The van der Waals surface area contributed by atoms with Crippen LogP contribution in [0.15, 0.2) is 80.6 Å². The van der Waals surface area contributed by atoms with Crippen molar-refractivity contribution in [3.8, 4) is 0 Å². The van der Waals surface area contributed by atoms with E-state index in [1.807, 2.05) is 24.3 Å². The zero-order chi connectivity index (χ0) is 25.2. The number of fused-ring (bicyclic) bond motifs is 1. The Hall–Kier alpha value is -2.69. The van der Waals surface area contributed by atoms with Gasteiger partial charge < -0.3 is 9.64 Å². The molecule has 1 aliphatic rings. The molecule has 10 heteroatoms. The van der Waals surface area contributed by atoms with Crippen molar-refractivity contribution in [3.05, 3.63) is 92.4 Å². The highest BCUT2D eigenvalue weighted by atomic mass is 79.9. The Bertz CT molecular complexity index is 1380. The van der Waals surface area contributed by atoms with Gasteiger partial charge in [0.2, 0.25) is 0 Å². The summed E-state index contributed by atoms with van der Waals surface area (Å²) >= 11 is 6.56. The minimum absolute atomic E-state index is 0.0877. The van der Waals surface area contributed by atoms with Crippen LogP contribution in [-0.4, -0.2) is 38.3 Å². The number of esters is 1. The lowest BCUT2D eigenvalue weighted by Gasteiger charge is -2.36. The third-order valence-corrected chi connectivity index (χ3v) is 8.68. The van der Waals surface area contributed by atoms with E-state index < -0.39 is 10.0 Å². The summed E-state index contributed by atoms with van der Waals surface area (Å²) in [6.45, 7) is 0.377. The highest BCUT2D eigenvalue weighted by molar-refractivity contribution is 9.11. The monoisotopic (exact) mass is 620 g/mol. The molecule has 0 spiro atoms. The molecule has 3 aromatic carbocycles. The first-order chi connectivity index (χ1) is 16.7. The molecule has 0 saturated heterocycles. The van der Waals surface area contributed by atoms with Crippen molar-refractivity contribution in [2.75, 3.05) is 11.8 Å². The molecule has 0 saturated carbocycles. The molecule has 1 amide bonds. The molecule has 4 rings (SSSR count). The summed E-state index contributed by atoms with van der Waals surface area (Å²) in [5, 5.41) is 0. The van der Waals surface area contributed by atoms with Gasteiger partial charge in [0.05, 0.1) is 13.5 Å². The van der Waals surface area contributed by atoms with Crippen molar-refractivity contribution in [1.29, 1.82) is 0 Å². The Balaban J connectivity index is 1.55. The van der Waals surface area contributed by atoms with Crippen LogP contribution in [0.2, 0.25) is 0 Å². The van der Waals surface area contributed by atoms with Crippen LogP contribution in [0.5, 0.6) is 0 Å². The molecule has 0 radical (unpaired) electrons. The molecule has 182 valence electrons. The second-order valence-electron chi connectivity index (χ2n) is 8.10. The van der Waals surface area contributed by atoms with E-state index in [4.69, 9.17) is 4.74 Å². The number of anilines is 1. The molecular formula is C25H22Br2N2O5S. The van der Waals surface area contributed by atoms with Gasteiger partial charge in [0, 0.05) is 32.8 Å².